The van der Waals surface area contributed by atoms with Gasteiger partial charge in [-0.25, -0.2) is 4.57 Å². The molecular weight excluding hydrogens is 1510 g/mol. The highest BCUT2D eigenvalue weighted by atomic mass is 31.2. The maximum Gasteiger partial charge on any atom is 0.472 e. The lowest BCUT2D eigenvalue weighted by molar-refractivity contribution is -0.360. The molecule has 19 unspecified atom stereocenters. The third-order valence-corrected chi connectivity index (χ3v) is 24.5. The lowest BCUT2D eigenvalue weighted by atomic mass is 9.84. The zero-order valence-corrected chi connectivity index (χ0v) is 73.9. The van der Waals surface area contributed by atoms with E-state index in [-0.39, 0.29) is 25.7 Å². The zero-order chi connectivity index (χ0) is 84.8. The van der Waals surface area contributed by atoms with Crippen LogP contribution >= 0.6 is 7.82 Å². The second kappa shape index (κ2) is 68.9. The number of rotatable bonds is 76. The lowest BCUT2D eigenvalue weighted by Crippen LogP contribution is -2.70. The summed E-state index contributed by atoms with van der Waals surface area (Å²) in [7, 11) is -5.80. The van der Waals surface area contributed by atoms with Crippen molar-refractivity contribution >= 4 is 31.7 Å². The molecule has 0 amide bonds. The molecule has 19 atom stereocenters. The molecule has 2 heterocycles. The molecule has 684 valence electrons. The van der Waals surface area contributed by atoms with Gasteiger partial charge < -0.3 is 88.7 Å². The Morgan fingerprint density at radius 1 is 0.336 bits per heavy atom. The van der Waals surface area contributed by atoms with Crippen LogP contribution in [-0.2, 0) is 70.7 Å². The van der Waals surface area contributed by atoms with Gasteiger partial charge in [0, 0.05) is 25.7 Å². The number of aliphatic hydroxyl groups is 9. The van der Waals surface area contributed by atoms with E-state index in [0.717, 1.165) is 128 Å². The zero-order valence-electron chi connectivity index (χ0n) is 73.0. The Morgan fingerprint density at radius 3 is 1.03 bits per heavy atom. The highest BCUT2D eigenvalue weighted by Crippen LogP contribution is 2.49. The van der Waals surface area contributed by atoms with E-state index in [1.54, 1.807) is 0 Å². The van der Waals surface area contributed by atoms with Gasteiger partial charge in [0.2, 0.25) is 0 Å². The fourth-order valence-corrected chi connectivity index (χ4v) is 16.9. The van der Waals surface area contributed by atoms with Crippen molar-refractivity contribution in [1.82, 2.24) is 0 Å². The molecule has 3 rings (SSSR count). The van der Waals surface area contributed by atoms with E-state index in [1.807, 2.05) is 0 Å². The van der Waals surface area contributed by atoms with E-state index >= 15 is 0 Å². The average molecular weight is 1680 g/mol. The Balaban J connectivity index is 1.92. The number of ether oxygens (including phenoxy) is 8. The van der Waals surface area contributed by atoms with Gasteiger partial charge in [-0.15, -0.1) is 0 Å². The lowest BCUT2D eigenvalue weighted by Gasteiger charge is -2.50. The van der Waals surface area contributed by atoms with Gasteiger partial charge >= 0.3 is 31.7 Å². The predicted molar refractivity (Wildman–Crippen MR) is 449 cm³/mol. The van der Waals surface area contributed by atoms with Gasteiger partial charge in [0.25, 0.3) is 0 Å². The Hall–Kier alpha value is -2.53. The molecular formula is C90H169O25P. The molecule has 10 N–H and O–H groups in total. The van der Waals surface area contributed by atoms with Gasteiger partial charge in [-0.1, -0.05) is 362 Å². The smallest absolute Gasteiger partial charge is 0.463 e. The first-order valence-corrected chi connectivity index (χ1v) is 48.7. The van der Waals surface area contributed by atoms with Gasteiger partial charge in [-0.2, -0.15) is 0 Å². The standard InChI is InChI=1S/C90H169O25P/c1-6-10-14-18-22-25-28-31-32-35-37-40-43-50-56-62-74(93)107-68-72-78(97)80(99)84(103)90(111-72)114-87-85(112-76(95)64-58-52-46-45-48-54-60-69(5)59-53-47-21-17-13-9-4)81(100)82(101)86(113-89-83(102)79(98)77(96)71(65-91)110-89)88(87)115-116(104,105)108-67-70(109-75(94)63-57-51-44-41-38-34-30-27-24-20-16-12-8-3)66-106-73(92)61-55-49-42-39-36-33-29-26-23-19-15-11-7-2/h69-72,77-91,96-103H,6-68H2,1-5H3,(H,104,105). The largest absolute Gasteiger partial charge is 0.472 e. The maximum atomic E-state index is 14.9. The summed E-state index contributed by atoms with van der Waals surface area (Å²) in [6.07, 6.45) is 23.9. The van der Waals surface area contributed by atoms with Crippen LogP contribution in [0.4, 0.5) is 0 Å². The fraction of sp³-hybridized carbons (Fsp3) is 0.956. The highest BCUT2D eigenvalue weighted by Gasteiger charge is 2.60. The predicted octanol–water partition coefficient (Wildman–Crippen LogP) is 17.2. The summed E-state index contributed by atoms with van der Waals surface area (Å²) in [5.74, 6) is -2.32. The van der Waals surface area contributed by atoms with Crippen LogP contribution in [-0.4, -0.2) is 205 Å². The average Bonchev–Trinajstić information content (AvgIpc) is 0.755. The van der Waals surface area contributed by atoms with Crippen LogP contribution < -0.4 is 0 Å². The van der Waals surface area contributed by atoms with Crippen LogP contribution in [0.3, 0.4) is 0 Å². The van der Waals surface area contributed by atoms with Crippen molar-refractivity contribution in [3.63, 3.8) is 0 Å². The van der Waals surface area contributed by atoms with Crippen LogP contribution in [0.2, 0.25) is 0 Å². The van der Waals surface area contributed by atoms with E-state index in [0.29, 0.717) is 38.0 Å². The number of phosphoric ester groups is 1. The molecule has 2 aliphatic heterocycles. The molecule has 2 saturated heterocycles. The number of phosphoric acid groups is 1. The molecule has 0 radical (unpaired) electrons. The number of esters is 4. The summed E-state index contributed by atoms with van der Waals surface area (Å²) in [4.78, 5) is 66.5. The van der Waals surface area contributed by atoms with E-state index < -0.39 is 162 Å². The number of carbonyl (C=O) groups excluding carboxylic acids is 4. The minimum absolute atomic E-state index is 0.0196. The summed E-state index contributed by atoms with van der Waals surface area (Å²) < 4.78 is 73.5. The van der Waals surface area contributed by atoms with Crippen LogP contribution in [0, 0.1) is 5.92 Å². The molecule has 0 bridgehead atoms. The molecule has 1 saturated carbocycles. The number of hydrogen-bond donors (Lipinski definition) is 10. The molecule has 0 spiro atoms. The topological polar surface area (TPSA) is 380 Å². The number of hydrogen-bond acceptors (Lipinski definition) is 24. The van der Waals surface area contributed by atoms with Crippen molar-refractivity contribution in [3.8, 4) is 0 Å². The molecule has 26 heteroatoms. The maximum absolute atomic E-state index is 14.9. The van der Waals surface area contributed by atoms with Gasteiger partial charge in [0.15, 0.2) is 24.8 Å². The molecule has 1 aliphatic carbocycles. The van der Waals surface area contributed by atoms with Crippen molar-refractivity contribution in [2.24, 2.45) is 5.92 Å². The molecule has 116 heavy (non-hydrogen) atoms. The molecule has 0 aromatic carbocycles. The summed E-state index contributed by atoms with van der Waals surface area (Å²) >= 11 is 0. The Kier molecular flexibility index (Phi) is 63.9. The van der Waals surface area contributed by atoms with Crippen LogP contribution in [0.15, 0.2) is 0 Å². The summed E-state index contributed by atoms with van der Waals surface area (Å²) in [5.41, 5.74) is 0. The number of unbranched alkanes of at least 4 members (excludes halogenated alkanes) is 48. The van der Waals surface area contributed by atoms with Gasteiger partial charge in [-0.3, -0.25) is 28.2 Å². The summed E-state index contributed by atoms with van der Waals surface area (Å²) in [6.45, 7) is 7.92. The van der Waals surface area contributed by atoms with E-state index in [1.165, 1.54) is 193 Å². The van der Waals surface area contributed by atoms with Gasteiger partial charge in [0.05, 0.1) is 13.2 Å². The van der Waals surface area contributed by atoms with Gasteiger partial charge in [-0.05, 0) is 31.6 Å². The van der Waals surface area contributed by atoms with Crippen molar-refractivity contribution in [3.05, 3.63) is 0 Å². The Morgan fingerprint density at radius 2 is 0.647 bits per heavy atom. The van der Waals surface area contributed by atoms with Crippen molar-refractivity contribution in [2.75, 3.05) is 26.4 Å². The molecule has 0 aromatic rings. The van der Waals surface area contributed by atoms with Crippen LogP contribution in [0.5, 0.6) is 0 Å². The highest BCUT2D eigenvalue weighted by molar-refractivity contribution is 7.47. The first-order valence-electron chi connectivity index (χ1n) is 47.2. The normalized spacial score (nSPS) is 25.4. The van der Waals surface area contributed by atoms with Crippen molar-refractivity contribution in [1.29, 1.82) is 0 Å². The fourth-order valence-electron chi connectivity index (χ4n) is 15.9. The third kappa shape index (κ3) is 49.1. The quantitative estimate of drug-likeness (QED) is 0.0117. The first-order chi connectivity index (χ1) is 56.1. The van der Waals surface area contributed by atoms with E-state index in [9.17, 15) is 74.6 Å². The van der Waals surface area contributed by atoms with Gasteiger partial charge in [0.1, 0.15) is 92.6 Å². The minimum Gasteiger partial charge on any atom is -0.463 e. The molecule has 25 nitrogen and oxygen atoms in total. The second-order valence-corrected chi connectivity index (χ2v) is 35.6. The van der Waals surface area contributed by atoms with Crippen LogP contribution in [0.25, 0.3) is 0 Å². The summed E-state index contributed by atoms with van der Waals surface area (Å²) in [6, 6.07) is 0. The number of aliphatic hydroxyl groups excluding tert-OH is 9. The van der Waals surface area contributed by atoms with E-state index in [2.05, 4.69) is 34.6 Å². The Bertz CT molecular complexity index is 2430. The second-order valence-electron chi connectivity index (χ2n) is 34.2. The molecule has 0 aromatic heterocycles. The third-order valence-electron chi connectivity index (χ3n) is 23.5. The molecule has 3 fully saturated rings. The number of carbonyl (C=O) groups is 4. The minimum atomic E-state index is -5.80. The Labute approximate surface area is 699 Å². The van der Waals surface area contributed by atoms with Crippen molar-refractivity contribution in [2.45, 2.75) is 518 Å². The first kappa shape index (κ1) is 108. The molecule has 3 aliphatic rings. The SMILES string of the molecule is CCCCCCCCCCCCCCCCCC(=O)OCC1OC(OC2C(OC(=O)CCCCCCCCC(C)CCCCCCCC)C(O)C(O)C(OC3OC(CO)C(O)C(O)C3O)C2OP(=O)(O)OCC(COC(=O)CCCCCCCCCCCCCCC)OC(=O)CCCCCCCCCCCCCCC)C(O)C(O)C1O. The van der Waals surface area contributed by atoms with Crippen LogP contribution in [0.1, 0.15) is 413 Å². The van der Waals surface area contributed by atoms with E-state index in [4.69, 9.17) is 46.9 Å². The van der Waals surface area contributed by atoms with Crippen molar-refractivity contribution < 1.29 is 122 Å². The monoisotopic (exact) mass is 1680 g/mol. The summed E-state index contributed by atoms with van der Waals surface area (Å²) in [5, 5.41) is 102.